The van der Waals surface area contributed by atoms with E-state index in [9.17, 15) is 8.78 Å². The fraction of sp³-hybridized carbons (Fsp3) is 0.348. The van der Waals surface area contributed by atoms with Crippen LogP contribution in [0.3, 0.4) is 0 Å². The first-order valence-corrected chi connectivity index (χ1v) is 9.97. The van der Waals surface area contributed by atoms with Crippen molar-refractivity contribution in [1.82, 2.24) is 14.7 Å². The van der Waals surface area contributed by atoms with E-state index in [1.54, 1.807) is 23.9 Å². The third kappa shape index (κ3) is 3.59. The molecule has 0 amide bonds. The number of aromatic nitrogens is 2. The molecule has 6 heteroatoms. The van der Waals surface area contributed by atoms with Gasteiger partial charge in [0.1, 0.15) is 0 Å². The first-order chi connectivity index (χ1) is 13.8. The Balaban J connectivity index is 1.57. The summed E-state index contributed by atoms with van der Waals surface area (Å²) < 4.78 is 29.1. The molecule has 0 unspecified atom stereocenters. The van der Waals surface area contributed by atoms with E-state index >= 15 is 0 Å². The number of nitrogens with zero attached hydrogens (tertiary/aromatic N) is 4. The predicted molar refractivity (Wildman–Crippen MR) is 113 cm³/mol. The van der Waals surface area contributed by atoms with Gasteiger partial charge < -0.3 is 9.80 Å². The highest BCUT2D eigenvalue weighted by Gasteiger charge is 2.20. The smallest absolute Gasteiger partial charge is 0.161 e. The molecule has 2 aromatic carbocycles. The van der Waals surface area contributed by atoms with Crippen molar-refractivity contribution in [3.63, 3.8) is 0 Å². The summed E-state index contributed by atoms with van der Waals surface area (Å²) in [5.74, 6) is -1.21. The Morgan fingerprint density at radius 2 is 1.76 bits per heavy atom. The van der Waals surface area contributed by atoms with Gasteiger partial charge in [-0.1, -0.05) is 20.4 Å². The van der Waals surface area contributed by atoms with Crippen LogP contribution in [0.4, 0.5) is 14.5 Å². The molecule has 2 heterocycles. The van der Waals surface area contributed by atoms with Crippen molar-refractivity contribution in [2.75, 3.05) is 31.1 Å². The highest BCUT2D eigenvalue weighted by molar-refractivity contribution is 5.84. The molecule has 0 N–H and O–H groups in total. The SMILES string of the molecule is C=C(C(C)C)N1CCN(c2ccc3c(cnn3-c3cc(C)c(F)c(F)c3)c2)CC1. The molecule has 1 aliphatic rings. The van der Waals surface area contributed by atoms with Crippen LogP contribution in [0.5, 0.6) is 0 Å². The minimum atomic E-state index is -0.860. The fourth-order valence-corrected chi connectivity index (χ4v) is 3.87. The second-order valence-electron chi connectivity index (χ2n) is 7.98. The Kier molecular flexibility index (Phi) is 5.03. The summed E-state index contributed by atoms with van der Waals surface area (Å²) in [5, 5.41) is 5.38. The molecule has 0 spiro atoms. The Morgan fingerprint density at radius 3 is 2.41 bits per heavy atom. The highest BCUT2D eigenvalue weighted by Crippen LogP contribution is 2.27. The van der Waals surface area contributed by atoms with E-state index in [2.05, 4.69) is 47.5 Å². The van der Waals surface area contributed by atoms with Crippen LogP contribution in [0.25, 0.3) is 16.6 Å². The highest BCUT2D eigenvalue weighted by atomic mass is 19.2. The summed E-state index contributed by atoms with van der Waals surface area (Å²) in [4.78, 5) is 4.73. The Bertz CT molecular complexity index is 1040. The van der Waals surface area contributed by atoms with Gasteiger partial charge >= 0.3 is 0 Å². The van der Waals surface area contributed by atoms with Crippen molar-refractivity contribution in [2.45, 2.75) is 20.8 Å². The van der Waals surface area contributed by atoms with Gasteiger partial charge in [0.2, 0.25) is 0 Å². The molecule has 0 aliphatic carbocycles. The van der Waals surface area contributed by atoms with Crippen LogP contribution in [0, 0.1) is 24.5 Å². The third-order valence-electron chi connectivity index (χ3n) is 5.71. The van der Waals surface area contributed by atoms with E-state index in [1.807, 2.05) is 6.07 Å². The van der Waals surface area contributed by atoms with Gasteiger partial charge in [-0.25, -0.2) is 13.5 Å². The minimum Gasteiger partial charge on any atom is -0.372 e. The molecule has 0 radical (unpaired) electrons. The van der Waals surface area contributed by atoms with Crippen LogP contribution >= 0.6 is 0 Å². The molecular formula is C23H26F2N4. The Morgan fingerprint density at radius 1 is 1.03 bits per heavy atom. The average molecular weight is 396 g/mol. The molecule has 0 saturated carbocycles. The lowest BCUT2D eigenvalue weighted by atomic mass is 10.1. The van der Waals surface area contributed by atoms with E-state index < -0.39 is 11.6 Å². The number of hydrogen-bond acceptors (Lipinski definition) is 3. The standard InChI is InChI=1S/C23H26F2N4/c1-15(2)17(4)27-7-9-28(10-8-27)19-5-6-22-18(12-19)14-26-29(22)20-11-16(3)23(25)21(24)13-20/h5-6,11-15H,4,7-10H2,1-3H3. The molecule has 4 nitrogen and oxygen atoms in total. The van der Waals surface area contributed by atoms with E-state index in [1.165, 1.54) is 11.8 Å². The van der Waals surface area contributed by atoms with Gasteiger partial charge in [-0.05, 0) is 42.7 Å². The van der Waals surface area contributed by atoms with Gasteiger partial charge in [0, 0.05) is 49.0 Å². The van der Waals surface area contributed by atoms with Crippen molar-refractivity contribution in [3.05, 3.63) is 66.0 Å². The molecule has 1 aromatic heterocycles. The summed E-state index contributed by atoms with van der Waals surface area (Å²) in [6.45, 7) is 13.9. The van der Waals surface area contributed by atoms with E-state index in [0.717, 1.165) is 42.8 Å². The summed E-state index contributed by atoms with van der Waals surface area (Å²) in [5.41, 5.74) is 3.99. The quantitative estimate of drug-likeness (QED) is 0.627. The van der Waals surface area contributed by atoms with Crippen LogP contribution in [0.15, 0.2) is 48.8 Å². The van der Waals surface area contributed by atoms with Crippen molar-refractivity contribution in [2.24, 2.45) is 5.92 Å². The van der Waals surface area contributed by atoms with E-state index in [0.29, 0.717) is 11.6 Å². The number of benzene rings is 2. The molecule has 4 rings (SSSR count). The monoisotopic (exact) mass is 396 g/mol. The zero-order chi connectivity index (χ0) is 20.7. The molecule has 0 atom stereocenters. The summed E-state index contributed by atoms with van der Waals surface area (Å²) in [6.07, 6.45) is 1.77. The van der Waals surface area contributed by atoms with Gasteiger partial charge in [-0.15, -0.1) is 0 Å². The number of halogens is 2. The topological polar surface area (TPSA) is 24.3 Å². The van der Waals surface area contributed by atoms with Crippen LogP contribution in [0.1, 0.15) is 19.4 Å². The summed E-state index contributed by atoms with van der Waals surface area (Å²) >= 11 is 0. The molecule has 152 valence electrons. The molecule has 3 aromatic rings. The zero-order valence-corrected chi connectivity index (χ0v) is 17.1. The summed E-state index contributed by atoms with van der Waals surface area (Å²) in [6, 6.07) is 8.97. The lowest BCUT2D eigenvalue weighted by Gasteiger charge is -2.39. The first kappa shape index (κ1) is 19.4. The van der Waals surface area contributed by atoms with Crippen LogP contribution in [-0.4, -0.2) is 40.9 Å². The lowest BCUT2D eigenvalue weighted by molar-refractivity contribution is 0.295. The zero-order valence-electron chi connectivity index (χ0n) is 17.1. The van der Waals surface area contributed by atoms with E-state index in [4.69, 9.17) is 0 Å². The lowest BCUT2D eigenvalue weighted by Crippen LogP contribution is -2.46. The van der Waals surface area contributed by atoms with Crippen molar-refractivity contribution in [1.29, 1.82) is 0 Å². The minimum absolute atomic E-state index is 0.265. The van der Waals surface area contributed by atoms with Crippen LogP contribution < -0.4 is 4.90 Å². The van der Waals surface area contributed by atoms with Crippen LogP contribution in [0.2, 0.25) is 0 Å². The van der Waals surface area contributed by atoms with Gasteiger partial charge in [-0.2, -0.15) is 5.10 Å². The van der Waals surface area contributed by atoms with Gasteiger partial charge in [-0.3, -0.25) is 0 Å². The number of rotatable bonds is 4. The molecule has 29 heavy (non-hydrogen) atoms. The maximum absolute atomic E-state index is 13.8. The number of piperazine rings is 1. The second kappa shape index (κ2) is 7.50. The number of fused-ring (bicyclic) bond motifs is 1. The number of allylic oxidation sites excluding steroid dienone is 1. The summed E-state index contributed by atoms with van der Waals surface area (Å²) in [7, 11) is 0. The normalized spacial score (nSPS) is 14.8. The Labute approximate surface area is 170 Å². The second-order valence-corrected chi connectivity index (χ2v) is 7.98. The molecular weight excluding hydrogens is 370 g/mol. The average Bonchev–Trinajstić information content (AvgIpc) is 3.14. The first-order valence-electron chi connectivity index (χ1n) is 9.97. The Hall–Kier alpha value is -2.89. The van der Waals surface area contributed by atoms with E-state index in [-0.39, 0.29) is 5.56 Å². The predicted octanol–water partition coefficient (Wildman–Crippen LogP) is 4.90. The third-order valence-corrected chi connectivity index (χ3v) is 5.71. The van der Waals surface area contributed by atoms with Gasteiger partial charge in [0.15, 0.2) is 11.6 Å². The molecule has 1 saturated heterocycles. The van der Waals surface area contributed by atoms with Gasteiger partial charge in [0.05, 0.1) is 17.4 Å². The molecule has 1 fully saturated rings. The number of hydrogen-bond donors (Lipinski definition) is 0. The van der Waals surface area contributed by atoms with Crippen molar-refractivity contribution in [3.8, 4) is 5.69 Å². The van der Waals surface area contributed by atoms with Gasteiger partial charge in [0.25, 0.3) is 0 Å². The van der Waals surface area contributed by atoms with Crippen molar-refractivity contribution >= 4 is 16.6 Å². The van der Waals surface area contributed by atoms with Crippen molar-refractivity contribution < 1.29 is 8.78 Å². The fourth-order valence-electron chi connectivity index (χ4n) is 3.87. The van der Waals surface area contributed by atoms with Crippen LogP contribution in [-0.2, 0) is 0 Å². The molecule has 1 aliphatic heterocycles. The molecule has 0 bridgehead atoms. The maximum atomic E-state index is 13.8. The largest absolute Gasteiger partial charge is 0.372 e. The number of aryl methyl sites for hydroxylation is 1. The maximum Gasteiger partial charge on any atom is 0.161 e. The number of anilines is 1.